The lowest BCUT2D eigenvalue weighted by molar-refractivity contribution is 0.180. The van der Waals surface area contributed by atoms with Crippen molar-refractivity contribution in [1.29, 1.82) is 0 Å². The SMILES string of the molecule is CCNCCc1nc2cc(OC)c(Cl)cc2n1C1CCN(Cc2ccccc2)CC1. The van der Waals surface area contributed by atoms with Crippen LogP contribution >= 0.6 is 11.6 Å². The van der Waals surface area contributed by atoms with E-state index in [9.17, 15) is 0 Å². The third-order valence-corrected chi connectivity index (χ3v) is 6.28. The molecule has 0 bridgehead atoms. The molecule has 0 atom stereocenters. The molecule has 2 heterocycles. The zero-order valence-electron chi connectivity index (χ0n) is 17.9. The molecular formula is C24H31ClN4O. The van der Waals surface area contributed by atoms with E-state index in [4.69, 9.17) is 21.3 Å². The zero-order chi connectivity index (χ0) is 20.9. The molecule has 30 heavy (non-hydrogen) atoms. The van der Waals surface area contributed by atoms with Crippen molar-refractivity contribution in [1.82, 2.24) is 19.8 Å². The van der Waals surface area contributed by atoms with E-state index in [0.717, 1.165) is 68.8 Å². The van der Waals surface area contributed by atoms with Crippen LogP contribution in [0.25, 0.3) is 11.0 Å². The molecule has 1 aliphatic heterocycles. The number of nitrogens with zero attached hydrogens (tertiary/aromatic N) is 3. The van der Waals surface area contributed by atoms with Gasteiger partial charge in [0.1, 0.15) is 11.6 Å². The average Bonchev–Trinajstić information content (AvgIpc) is 3.11. The quantitative estimate of drug-likeness (QED) is 0.531. The predicted molar refractivity (Wildman–Crippen MR) is 124 cm³/mol. The molecule has 1 saturated heterocycles. The summed E-state index contributed by atoms with van der Waals surface area (Å²) >= 11 is 6.48. The van der Waals surface area contributed by atoms with Crippen LogP contribution in [0.5, 0.6) is 5.75 Å². The third-order valence-electron chi connectivity index (χ3n) is 5.98. The Kier molecular flexibility index (Phi) is 6.93. The van der Waals surface area contributed by atoms with Crippen LogP contribution < -0.4 is 10.1 Å². The lowest BCUT2D eigenvalue weighted by Gasteiger charge is -2.33. The van der Waals surface area contributed by atoms with Gasteiger partial charge in [0.15, 0.2) is 0 Å². The molecular weight excluding hydrogens is 396 g/mol. The monoisotopic (exact) mass is 426 g/mol. The number of likely N-dealkylation sites (N-methyl/N-ethyl adjacent to an activating group) is 1. The zero-order valence-corrected chi connectivity index (χ0v) is 18.7. The van der Waals surface area contributed by atoms with E-state index in [0.29, 0.717) is 16.8 Å². The van der Waals surface area contributed by atoms with Crippen LogP contribution in [0.2, 0.25) is 5.02 Å². The number of hydrogen-bond donors (Lipinski definition) is 1. The highest BCUT2D eigenvalue weighted by Gasteiger charge is 2.25. The van der Waals surface area contributed by atoms with E-state index in [2.05, 4.69) is 52.0 Å². The molecule has 0 amide bonds. The number of nitrogens with one attached hydrogen (secondary N) is 1. The summed E-state index contributed by atoms with van der Waals surface area (Å²) in [5.41, 5.74) is 3.47. The van der Waals surface area contributed by atoms with Crippen LogP contribution in [0.15, 0.2) is 42.5 Å². The second-order valence-corrected chi connectivity index (χ2v) is 8.38. The molecule has 0 unspecified atom stereocenters. The number of likely N-dealkylation sites (tertiary alicyclic amines) is 1. The fraction of sp³-hybridized carbons (Fsp3) is 0.458. The van der Waals surface area contributed by atoms with E-state index in [1.807, 2.05) is 12.1 Å². The van der Waals surface area contributed by atoms with Gasteiger partial charge in [0.05, 0.1) is 23.2 Å². The Balaban J connectivity index is 1.56. The maximum Gasteiger partial charge on any atom is 0.139 e. The summed E-state index contributed by atoms with van der Waals surface area (Å²) in [6.07, 6.45) is 3.15. The van der Waals surface area contributed by atoms with Gasteiger partial charge in [-0.05, 0) is 31.0 Å². The van der Waals surface area contributed by atoms with Crippen molar-refractivity contribution in [3.63, 3.8) is 0 Å². The largest absolute Gasteiger partial charge is 0.495 e. The summed E-state index contributed by atoms with van der Waals surface area (Å²) < 4.78 is 7.86. The minimum atomic E-state index is 0.447. The molecule has 6 heteroatoms. The number of hydrogen-bond acceptors (Lipinski definition) is 4. The van der Waals surface area contributed by atoms with E-state index in [-0.39, 0.29) is 0 Å². The number of imidazole rings is 1. The molecule has 5 nitrogen and oxygen atoms in total. The van der Waals surface area contributed by atoms with E-state index in [1.54, 1.807) is 7.11 Å². The van der Waals surface area contributed by atoms with Gasteiger partial charge in [0.2, 0.25) is 0 Å². The standard InChI is InChI=1S/C24H31ClN4O/c1-3-26-12-9-24-27-21-16-23(30-2)20(25)15-22(21)29(24)19-10-13-28(14-11-19)17-18-7-5-4-6-8-18/h4-8,15-16,19,26H,3,9-14,17H2,1-2H3. The first-order chi connectivity index (χ1) is 14.7. The van der Waals surface area contributed by atoms with Crippen LogP contribution in [0.1, 0.15) is 37.2 Å². The number of piperidine rings is 1. The second kappa shape index (κ2) is 9.82. The number of halogens is 1. The molecule has 160 valence electrons. The molecule has 1 aliphatic rings. The number of ether oxygens (including phenoxy) is 1. The van der Waals surface area contributed by atoms with Crippen LogP contribution in [0.3, 0.4) is 0 Å². The molecule has 0 saturated carbocycles. The first-order valence-corrected chi connectivity index (χ1v) is 11.3. The first kappa shape index (κ1) is 21.2. The van der Waals surface area contributed by atoms with E-state index < -0.39 is 0 Å². The first-order valence-electron chi connectivity index (χ1n) is 10.9. The highest BCUT2D eigenvalue weighted by molar-refractivity contribution is 6.32. The van der Waals surface area contributed by atoms with Crippen LogP contribution in [-0.4, -0.2) is 47.7 Å². The Labute approximate surface area is 184 Å². The maximum absolute atomic E-state index is 6.48. The van der Waals surface area contributed by atoms with Crippen molar-refractivity contribution in [2.24, 2.45) is 0 Å². The summed E-state index contributed by atoms with van der Waals surface area (Å²) in [7, 11) is 1.65. The lowest BCUT2D eigenvalue weighted by Crippen LogP contribution is -2.34. The number of methoxy groups -OCH3 is 1. The van der Waals surface area contributed by atoms with Gasteiger partial charge in [-0.25, -0.2) is 4.98 Å². The summed E-state index contributed by atoms with van der Waals surface area (Å²) in [6, 6.07) is 15.2. The van der Waals surface area contributed by atoms with E-state index >= 15 is 0 Å². The van der Waals surface area contributed by atoms with Gasteiger partial charge in [0, 0.05) is 44.7 Å². The van der Waals surface area contributed by atoms with Crippen LogP contribution in [-0.2, 0) is 13.0 Å². The number of rotatable bonds is 8. The number of benzene rings is 2. The van der Waals surface area contributed by atoms with Crippen molar-refractivity contribution < 1.29 is 4.74 Å². The van der Waals surface area contributed by atoms with Gasteiger partial charge < -0.3 is 14.6 Å². The summed E-state index contributed by atoms with van der Waals surface area (Å²) in [5.74, 6) is 1.82. The van der Waals surface area contributed by atoms with Crippen molar-refractivity contribution in [3.05, 3.63) is 58.9 Å². The average molecular weight is 427 g/mol. The molecule has 1 fully saturated rings. The van der Waals surface area contributed by atoms with Crippen LogP contribution in [0.4, 0.5) is 0 Å². The Morgan fingerprint density at radius 2 is 1.93 bits per heavy atom. The topological polar surface area (TPSA) is 42.3 Å². The highest BCUT2D eigenvalue weighted by Crippen LogP contribution is 2.34. The molecule has 1 aromatic heterocycles. The molecule has 3 aromatic rings. The van der Waals surface area contributed by atoms with Crippen molar-refractivity contribution in [3.8, 4) is 5.75 Å². The van der Waals surface area contributed by atoms with Crippen LogP contribution in [0, 0.1) is 0 Å². The Hall–Kier alpha value is -2.08. The number of fused-ring (bicyclic) bond motifs is 1. The van der Waals surface area contributed by atoms with Gasteiger partial charge in [0.25, 0.3) is 0 Å². The third kappa shape index (κ3) is 4.64. The maximum atomic E-state index is 6.48. The summed E-state index contributed by atoms with van der Waals surface area (Å²) in [4.78, 5) is 7.52. The fourth-order valence-corrected chi connectivity index (χ4v) is 4.68. The van der Waals surface area contributed by atoms with Crippen molar-refractivity contribution in [2.75, 3.05) is 33.3 Å². The minimum absolute atomic E-state index is 0.447. The van der Waals surface area contributed by atoms with Gasteiger partial charge in [-0.15, -0.1) is 0 Å². The van der Waals surface area contributed by atoms with Gasteiger partial charge in [-0.1, -0.05) is 48.9 Å². The Morgan fingerprint density at radius 1 is 1.17 bits per heavy atom. The molecule has 4 rings (SSSR count). The summed E-state index contributed by atoms with van der Waals surface area (Å²) in [6.45, 7) is 7.24. The smallest absolute Gasteiger partial charge is 0.139 e. The second-order valence-electron chi connectivity index (χ2n) is 7.97. The minimum Gasteiger partial charge on any atom is -0.495 e. The van der Waals surface area contributed by atoms with Gasteiger partial charge >= 0.3 is 0 Å². The Bertz CT molecular complexity index is 964. The molecule has 1 N–H and O–H groups in total. The molecule has 0 radical (unpaired) electrons. The predicted octanol–water partition coefficient (Wildman–Crippen LogP) is 4.69. The lowest BCUT2D eigenvalue weighted by atomic mass is 10.0. The Morgan fingerprint density at radius 3 is 2.63 bits per heavy atom. The molecule has 2 aromatic carbocycles. The highest BCUT2D eigenvalue weighted by atomic mass is 35.5. The summed E-state index contributed by atoms with van der Waals surface area (Å²) in [5, 5.41) is 4.07. The number of aromatic nitrogens is 2. The van der Waals surface area contributed by atoms with E-state index in [1.165, 1.54) is 5.56 Å². The van der Waals surface area contributed by atoms with Crippen molar-refractivity contribution in [2.45, 2.75) is 38.8 Å². The molecule has 0 spiro atoms. The van der Waals surface area contributed by atoms with Gasteiger partial charge in [-0.2, -0.15) is 0 Å². The fourth-order valence-electron chi connectivity index (χ4n) is 4.44. The van der Waals surface area contributed by atoms with Gasteiger partial charge in [-0.3, -0.25) is 4.90 Å². The normalized spacial score (nSPS) is 15.7. The van der Waals surface area contributed by atoms with Crippen molar-refractivity contribution >= 4 is 22.6 Å². The molecule has 0 aliphatic carbocycles.